The molecule has 39 heavy (non-hydrogen) atoms. The molecule has 9 heteroatoms. The van der Waals surface area contributed by atoms with E-state index in [1.807, 2.05) is 38.1 Å². The molecule has 0 aliphatic carbocycles. The SMILES string of the molecule is CCc1cc(C#N)cc(C)c1C(=O)NC(Cc1ccc(-c2cnc(CNc3cc(C)ccn3)o2)cc1)C(=O)O. The molecule has 2 heterocycles. The number of hydrogen-bond donors (Lipinski definition) is 3. The number of nitrogens with one attached hydrogen (secondary N) is 2. The van der Waals surface area contributed by atoms with Crippen LogP contribution in [0.15, 0.2) is 65.3 Å². The number of hydrogen-bond acceptors (Lipinski definition) is 7. The Morgan fingerprint density at radius 1 is 1.10 bits per heavy atom. The lowest BCUT2D eigenvalue weighted by Crippen LogP contribution is -2.42. The summed E-state index contributed by atoms with van der Waals surface area (Å²) in [6.45, 7) is 6.00. The number of carboxylic acids is 1. The van der Waals surface area contributed by atoms with Gasteiger partial charge in [0.2, 0.25) is 5.89 Å². The maximum Gasteiger partial charge on any atom is 0.326 e. The van der Waals surface area contributed by atoms with Gasteiger partial charge in [0.25, 0.3) is 5.91 Å². The molecule has 198 valence electrons. The second-order valence-electron chi connectivity index (χ2n) is 9.25. The highest BCUT2D eigenvalue weighted by Crippen LogP contribution is 2.23. The van der Waals surface area contributed by atoms with Crippen LogP contribution in [-0.2, 0) is 24.2 Å². The number of aromatic nitrogens is 2. The lowest BCUT2D eigenvalue weighted by molar-refractivity contribution is -0.139. The monoisotopic (exact) mass is 523 g/mol. The Morgan fingerprint density at radius 2 is 1.87 bits per heavy atom. The molecule has 0 bridgehead atoms. The molecule has 4 aromatic rings. The van der Waals surface area contributed by atoms with Gasteiger partial charge in [-0.15, -0.1) is 0 Å². The van der Waals surface area contributed by atoms with Gasteiger partial charge >= 0.3 is 5.97 Å². The highest BCUT2D eigenvalue weighted by Gasteiger charge is 2.24. The predicted molar refractivity (Wildman–Crippen MR) is 146 cm³/mol. The van der Waals surface area contributed by atoms with Gasteiger partial charge in [-0.1, -0.05) is 31.2 Å². The molecule has 2 aromatic heterocycles. The Hall–Kier alpha value is -4.97. The number of nitrogens with zero attached hydrogens (tertiary/aromatic N) is 3. The molecule has 0 saturated heterocycles. The zero-order valence-corrected chi connectivity index (χ0v) is 22.0. The van der Waals surface area contributed by atoms with E-state index in [0.29, 0.717) is 46.9 Å². The van der Waals surface area contributed by atoms with E-state index in [-0.39, 0.29) is 6.42 Å². The molecule has 0 aliphatic heterocycles. The van der Waals surface area contributed by atoms with Gasteiger partial charge in [0, 0.05) is 23.7 Å². The van der Waals surface area contributed by atoms with Crippen molar-refractivity contribution < 1.29 is 19.1 Å². The van der Waals surface area contributed by atoms with Crippen LogP contribution in [0.4, 0.5) is 5.82 Å². The number of nitriles is 1. The van der Waals surface area contributed by atoms with Gasteiger partial charge in [-0.25, -0.2) is 14.8 Å². The quantitative estimate of drug-likeness (QED) is 0.269. The van der Waals surface area contributed by atoms with E-state index >= 15 is 0 Å². The van der Waals surface area contributed by atoms with Crippen LogP contribution in [0.2, 0.25) is 0 Å². The summed E-state index contributed by atoms with van der Waals surface area (Å²) in [5.41, 5.74) is 4.85. The van der Waals surface area contributed by atoms with Gasteiger partial charge in [0.1, 0.15) is 11.9 Å². The van der Waals surface area contributed by atoms with E-state index in [1.54, 1.807) is 43.6 Å². The summed E-state index contributed by atoms with van der Waals surface area (Å²) in [6.07, 6.45) is 4.02. The normalized spacial score (nSPS) is 11.4. The largest absolute Gasteiger partial charge is 0.480 e. The first-order valence-electron chi connectivity index (χ1n) is 12.5. The molecule has 9 nitrogen and oxygen atoms in total. The molecule has 0 saturated carbocycles. The molecule has 2 aromatic carbocycles. The van der Waals surface area contributed by atoms with E-state index in [0.717, 1.165) is 22.5 Å². The summed E-state index contributed by atoms with van der Waals surface area (Å²) >= 11 is 0. The van der Waals surface area contributed by atoms with Crippen LogP contribution in [0.3, 0.4) is 0 Å². The lowest BCUT2D eigenvalue weighted by atomic mass is 9.95. The van der Waals surface area contributed by atoms with Crippen LogP contribution in [-0.4, -0.2) is 33.0 Å². The molecule has 4 rings (SSSR count). The summed E-state index contributed by atoms with van der Waals surface area (Å²) in [5, 5.41) is 24.9. The molecule has 1 amide bonds. The summed E-state index contributed by atoms with van der Waals surface area (Å²) in [7, 11) is 0. The number of carbonyl (C=O) groups is 2. The minimum atomic E-state index is -1.13. The van der Waals surface area contributed by atoms with E-state index in [4.69, 9.17) is 4.42 Å². The Labute approximate surface area is 226 Å². The summed E-state index contributed by atoms with van der Waals surface area (Å²) in [6, 6.07) is 15.4. The minimum Gasteiger partial charge on any atom is -0.480 e. The first-order valence-corrected chi connectivity index (χ1v) is 12.5. The number of aryl methyl sites for hydroxylation is 3. The molecule has 0 aliphatic rings. The zero-order chi connectivity index (χ0) is 27.9. The number of amides is 1. The van der Waals surface area contributed by atoms with E-state index < -0.39 is 17.9 Å². The van der Waals surface area contributed by atoms with Crippen LogP contribution in [0, 0.1) is 25.2 Å². The van der Waals surface area contributed by atoms with E-state index in [9.17, 15) is 20.0 Å². The highest BCUT2D eigenvalue weighted by atomic mass is 16.4. The Balaban J connectivity index is 1.42. The smallest absolute Gasteiger partial charge is 0.326 e. The van der Waals surface area contributed by atoms with E-state index in [1.165, 1.54) is 0 Å². The summed E-state index contributed by atoms with van der Waals surface area (Å²) in [5.74, 6) is 0.228. The van der Waals surface area contributed by atoms with Crippen molar-refractivity contribution in [3.63, 3.8) is 0 Å². The molecule has 1 atom stereocenters. The maximum atomic E-state index is 13.1. The van der Waals surface area contributed by atoms with Crippen molar-refractivity contribution in [2.45, 2.75) is 46.2 Å². The number of carboxylic acid groups (broad SMARTS) is 1. The average molecular weight is 524 g/mol. The number of aliphatic carboxylic acids is 1. The Morgan fingerprint density at radius 3 is 2.54 bits per heavy atom. The predicted octanol–water partition coefficient (Wildman–Crippen LogP) is 4.83. The summed E-state index contributed by atoms with van der Waals surface area (Å²) < 4.78 is 5.86. The van der Waals surface area contributed by atoms with Gasteiger partial charge in [-0.3, -0.25) is 4.79 Å². The third kappa shape index (κ3) is 6.67. The van der Waals surface area contributed by atoms with Gasteiger partial charge in [0.05, 0.1) is 24.4 Å². The van der Waals surface area contributed by atoms with Crippen LogP contribution in [0.5, 0.6) is 0 Å². The maximum absolute atomic E-state index is 13.1. The molecule has 0 fully saturated rings. The van der Waals surface area contributed by atoms with Gasteiger partial charge in [-0.2, -0.15) is 5.26 Å². The Bertz CT molecular complexity index is 1540. The van der Waals surface area contributed by atoms with E-state index in [2.05, 4.69) is 26.7 Å². The topological polar surface area (TPSA) is 141 Å². The molecular formula is C30H29N5O4. The third-order valence-corrected chi connectivity index (χ3v) is 6.33. The van der Waals surface area contributed by atoms with Crippen molar-refractivity contribution in [1.82, 2.24) is 15.3 Å². The molecular weight excluding hydrogens is 494 g/mol. The molecule has 0 radical (unpaired) electrons. The van der Waals surface area contributed by atoms with Crippen molar-refractivity contribution in [3.05, 3.63) is 100 Å². The first-order chi connectivity index (χ1) is 18.8. The van der Waals surface area contributed by atoms with Crippen molar-refractivity contribution in [2.75, 3.05) is 5.32 Å². The van der Waals surface area contributed by atoms with Gasteiger partial charge in [0.15, 0.2) is 5.76 Å². The van der Waals surface area contributed by atoms with Crippen LogP contribution >= 0.6 is 0 Å². The second-order valence-corrected chi connectivity index (χ2v) is 9.25. The molecule has 1 unspecified atom stereocenters. The van der Waals surface area contributed by atoms with Gasteiger partial charge in [-0.05, 0) is 66.8 Å². The fraction of sp³-hybridized carbons (Fsp3) is 0.233. The molecule has 3 N–H and O–H groups in total. The number of carbonyl (C=O) groups excluding carboxylic acids is 1. The zero-order valence-electron chi connectivity index (χ0n) is 22.0. The fourth-order valence-electron chi connectivity index (χ4n) is 4.32. The number of rotatable bonds is 10. The Kier molecular flexibility index (Phi) is 8.37. The number of oxazole rings is 1. The second kappa shape index (κ2) is 12.0. The van der Waals surface area contributed by atoms with Crippen LogP contribution in [0.25, 0.3) is 11.3 Å². The minimum absolute atomic E-state index is 0.104. The van der Waals surface area contributed by atoms with Crippen molar-refractivity contribution in [3.8, 4) is 17.4 Å². The average Bonchev–Trinajstić information content (AvgIpc) is 3.40. The third-order valence-electron chi connectivity index (χ3n) is 6.33. The lowest BCUT2D eigenvalue weighted by Gasteiger charge is -2.18. The summed E-state index contributed by atoms with van der Waals surface area (Å²) in [4.78, 5) is 33.6. The van der Waals surface area contributed by atoms with Gasteiger partial charge < -0.3 is 20.2 Å². The number of anilines is 1. The first kappa shape index (κ1) is 27.1. The fourth-order valence-corrected chi connectivity index (χ4v) is 4.32. The number of pyridine rings is 1. The van der Waals surface area contributed by atoms with Crippen molar-refractivity contribution >= 4 is 17.7 Å². The van der Waals surface area contributed by atoms with Crippen molar-refractivity contribution in [1.29, 1.82) is 5.26 Å². The standard InChI is InChI=1S/C30H29N5O4/c1-4-22-13-21(15-31)12-19(3)28(22)29(36)35-24(30(37)38)14-20-5-7-23(8-6-20)25-16-34-27(39-25)17-33-26-11-18(2)9-10-32-26/h5-13,16,24H,4,14,17H2,1-3H3,(H,32,33)(H,35,36)(H,37,38). The number of benzene rings is 2. The van der Waals surface area contributed by atoms with Crippen LogP contribution in [0.1, 0.15) is 51.0 Å². The molecule has 0 spiro atoms. The highest BCUT2D eigenvalue weighted by molar-refractivity contribution is 5.99. The van der Waals surface area contributed by atoms with Crippen molar-refractivity contribution in [2.24, 2.45) is 0 Å². The van der Waals surface area contributed by atoms with Crippen LogP contribution < -0.4 is 10.6 Å².